The van der Waals surface area contributed by atoms with E-state index >= 15 is 0 Å². The number of nitrogens with zero attached hydrogens (tertiary/aromatic N) is 1. The molecule has 0 radical (unpaired) electrons. The van der Waals surface area contributed by atoms with Crippen molar-refractivity contribution in [3.63, 3.8) is 0 Å². The lowest BCUT2D eigenvalue weighted by atomic mass is 10.0. The summed E-state index contributed by atoms with van der Waals surface area (Å²) in [5, 5.41) is 15.0. The van der Waals surface area contributed by atoms with Crippen molar-refractivity contribution in [1.82, 2.24) is 0 Å². The Hall–Kier alpha value is -4.61. The van der Waals surface area contributed by atoms with Crippen LogP contribution in [-0.2, 0) is 10.0 Å². The predicted molar refractivity (Wildman–Crippen MR) is 133 cm³/mol. The number of hydrogen-bond acceptors (Lipinski definition) is 4. The van der Waals surface area contributed by atoms with Gasteiger partial charge in [-0.1, -0.05) is 72.8 Å². The number of amides is 2. The molecule has 0 heterocycles. The second-order valence-electron chi connectivity index (χ2n) is 7.25. The Kier molecular flexibility index (Phi) is 6.57. The third-order valence-corrected chi connectivity index (χ3v) is 6.35. The summed E-state index contributed by atoms with van der Waals surface area (Å²) >= 11 is 0. The molecule has 0 atom stereocenters. The van der Waals surface area contributed by atoms with Crippen LogP contribution in [0.25, 0.3) is 11.1 Å². The molecule has 8 heteroatoms. The van der Waals surface area contributed by atoms with Gasteiger partial charge < -0.3 is 10.6 Å². The average Bonchev–Trinajstić information content (AvgIpc) is 2.86. The van der Waals surface area contributed by atoms with Crippen molar-refractivity contribution in [3.8, 4) is 17.2 Å². The molecular formula is C26H20N4O3S. The van der Waals surface area contributed by atoms with Gasteiger partial charge in [0.25, 0.3) is 10.0 Å². The normalized spacial score (nSPS) is 10.7. The van der Waals surface area contributed by atoms with Gasteiger partial charge in [0.1, 0.15) is 6.07 Å². The molecule has 0 aliphatic carbocycles. The standard InChI is InChI=1S/C26H20N4O3S/c27-18-20-12-9-17-24(25(20)30-34(32,33)21-13-5-2-6-14-21)29-26(31)28-23-16-8-7-15-22(23)19-10-3-1-4-11-19/h1-17,30H,(H2,28,29,31). The van der Waals surface area contributed by atoms with E-state index in [9.17, 15) is 18.5 Å². The number of nitriles is 1. The minimum Gasteiger partial charge on any atom is -0.307 e. The summed E-state index contributed by atoms with van der Waals surface area (Å²) in [6, 6.07) is 30.6. The lowest BCUT2D eigenvalue weighted by molar-refractivity contribution is 0.262. The lowest BCUT2D eigenvalue weighted by Crippen LogP contribution is -2.22. The molecular weight excluding hydrogens is 448 g/mol. The van der Waals surface area contributed by atoms with Crippen LogP contribution >= 0.6 is 0 Å². The van der Waals surface area contributed by atoms with E-state index < -0.39 is 16.1 Å². The summed E-state index contributed by atoms with van der Waals surface area (Å²) in [6.45, 7) is 0. The first kappa shape index (κ1) is 22.6. The number of hydrogen-bond donors (Lipinski definition) is 3. The highest BCUT2D eigenvalue weighted by molar-refractivity contribution is 7.92. The van der Waals surface area contributed by atoms with Crippen LogP contribution < -0.4 is 15.4 Å². The van der Waals surface area contributed by atoms with E-state index in [2.05, 4.69) is 15.4 Å². The Morgan fingerprint density at radius 2 is 1.29 bits per heavy atom. The van der Waals surface area contributed by atoms with E-state index in [1.165, 1.54) is 24.3 Å². The van der Waals surface area contributed by atoms with E-state index in [0.717, 1.165) is 11.1 Å². The smallest absolute Gasteiger partial charge is 0.307 e. The molecule has 168 valence electrons. The van der Waals surface area contributed by atoms with Crippen molar-refractivity contribution in [2.24, 2.45) is 0 Å². The van der Waals surface area contributed by atoms with Crippen molar-refractivity contribution in [2.45, 2.75) is 4.90 Å². The molecule has 4 aromatic rings. The van der Waals surface area contributed by atoms with Gasteiger partial charge in [-0.15, -0.1) is 0 Å². The van der Waals surface area contributed by atoms with Crippen LogP contribution in [0, 0.1) is 11.3 Å². The van der Waals surface area contributed by atoms with Crippen LogP contribution in [0.1, 0.15) is 5.56 Å². The third kappa shape index (κ3) is 5.06. The van der Waals surface area contributed by atoms with E-state index in [1.54, 1.807) is 36.4 Å². The lowest BCUT2D eigenvalue weighted by Gasteiger charge is -2.16. The first-order valence-corrected chi connectivity index (χ1v) is 11.8. The first-order chi connectivity index (χ1) is 16.5. The number of para-hydroxylation sites is 2. The molecule has 7 nitrogen and oxygen atoms in total. The summed E-state index contributed by atoms with van der Waals surface area (Å²) in [5.41, 5.74) is 2.54. The van der Waals surface area contributed by atoms with Crippen LogP contribution in [0.5, 0.6) is 0 Å². The summed E-state index contributed by atoms with van der Waals surface area (Å²) in [7, 11) is -3.98. The minimum atomic E-state index is -3.98. The first-order valence-electron chi connectivity index (χ1n) is 10.3. The SMILES string of the molecule is N#Cc1cccc(NC(=O)Nc2ccccc2-c2ccccc2)c1NS(=O)(=O)c1ccccc1. The summed E-state index contributed by atoms with van der Waals surface area (Å²) in [4.78, 5) is 12.9. The third-order valence-electron chi connectivity index (χ3n) is 4.98. The Morgan fingerprint density at radius 1 is 0.706 bits per heavy atom. The summed E-state index contributed by atoms with van der Waals surface area (Å²) in [5.74, 6) is 0. The predicted octanol–water partition coefficient (Wildman–Crippen LogP) is 5.67. The van der Waals surface area contributed by atoms with Gasteiger partial charge in [-0.05, 0) is 35.9 Å². The van der Waals surface area contributed by atoms with Gasteiger partial charge in [0.15, 0.2) is 0 Å². The van der Waals surface area contributed by atoms with Crippen LogP contribution in [0.3, 0.4) is 0 Å². The molecule has 0 saturated carbocycles. The zero-order valence-electron chi connectivity index (χ0n) is 17.9. The van der Waals surface area contributed by atoms with Crippen molar-refractivity contribution in [3.05, 3.63) is 109 Å². The number of benzene rings is 4. The second-order valence-corrected chi connectivity index (χ2v) is 8.93. The highest BCUT2D eigenvalue weighted by Crippen LogP contribution is 2.30. The van der Waals surface area contributed by atoms with E-state index in [-0.39, 0.29) is 21.8 Å². The number of carbonyl (C=O) groups excluding carboxylic acids is 1. The molecule has 3 N–H and O–H groups in total. The Morgan fingerprint density at radius 3 is 2.00 bits per heavy atom. The minimum absolute atomic E-state index is 0.0136. The number of rotatable bonds is 6. The maximum absolute atomic E-state index is 12.9. The average molecular weight is 469 g/mol. The molecule has 0 aliphatic rings. The van der Waals surface area contributed by atoms with Crippen LogP contribution in [0.4, 0.5) is 21.9 Å². The topological polar surface area (TPSA) is 111 Å². The highest BCUT2D eigenvalue weighted by Gasteiger charge is 2.20. The van der Waals surface area contributed by atoms with Gasteiger partial charge >= 0.3 is 6.03 Å². The number of nitrogens with one attached hydrogen (secondary N) is 3. The number of carbonyl (C=O) groups is 1. The van der Waals surface area contributed by atoms with Gasteiger partial charge in [-0.25, -0.2) is 13.2 Å². The van der Waals surface area contributed by atoms with Crippen LogP contribution in [0.2, 0.25) is 0 Å². The van der Waals surface area contributed by atoms with E-state index in [4.69, 9.17) is 0 Å². The van der Waals surface area contributed by atoms with E-state index in [1.807, 2.05) is 48.5 Å². The second kappa shape index (κ2) is 9.90. The Balaban J connectivity index is 1.61. The van der Waals surface area contributed by atoms with Gasteiger partial charge in [0.05, 0.1) is 27.5 Å². The summed E-state index contributed by atoms with van der Waals surface area (Å²) in [6.07, 6.45) is 0. The number of sulfonamides is 1. The Labute approximate surface area is 197 Å². The van der Waals surface area contributed by atoms with Gasteiger partial charge in [0, 0.05) is 5.56 Å². The zero-order valence-corrected chi connectivity index (χ0v) is 18.7. The van der Waals surface area contributed by atoms with Crippen LogP contribution in [-0.4, -0.2) is 14.4 Å². The quantitative estimate of drug-likeness (QED) is 0.338. The molecule has 2 amide bonds. The van der Waals surface area contributed by atoms with Crippen molar-refractivity contribution in [2.75, 3.05) is 15.4 Å². The summed E-state index contributed by atoms with van der Waals surface area (Å²) < 4.78 is 28.1. The molecule has 0 bridgehead atoms. The van der Waals surface area contributed by atoms with Crippen molar-refractivity contribution < 1.29 is 13.2 Å². The number of urea groups is 1. The fourth-order valence-electron chi connectivity index (χ4n) is 3.39. The van der Waals surface area contributed by atoms with Crippen molar-refractivity contribution >= 4 is 33.1 Å². The molecule has 4 aromatic carbocycles. The fourth-order valence-corrected chi connectivity index (χ4v) is 4.51. The largest absolute Gasteiger partial charge is 0.323 e. The molecule has 0 spiro atoms. The highest BCUT2D eigenvalue weighted by atomic mass is 32.2. The fraction of sp³-hybridized carbons (Fsp3) is 0. The maximum atomic E-state index is 12.9. The zero-order chi connectivity index (χ0) is 24.0. The molecule has 0 fully saturated rings. The van der Waals surface area contributed by atoms with E-state index in [0.29, 0.717) is 5.69 Å². The molecule has 0 aromatic heterocycles. The molecule has 0 saturated heterocycles. The van der Waals surface area contributed by atoms with Crippen LogP contribution in [0.15, 0.2) is 108 Å². The molecule has 0 unspecified atom stereocenters. The maximum Gasteiger partial charge on any atom is 0.323 e. The molecule has 34 heavy (non-hydrogen) atoms. The van der Waals surface area contributed by atoms with Gasteiger partial charge in [-0.2, -0.15) is 5.26 Å². The molecule has 0 aliphatic heterocycles. The Bertz CT molecular complexity index is 1470. The van der Waals surface area contributed by atoms with Gasteiger partial charge in [0.2, 0.25) is 0 Å². The number of anilines is 3. The molecule has 4 rings (SSSR count). The van der Waals surface area contributed by atoms with Gasteiger partial charge in [-0.3, -0.25) is 4.72 Å². The monoisotopic (exact) mass is 468 g/mol. The van der Waals surface area contributed by atoms with Crippen molar-refractivity contribution in [1.29, 1.82) is 5.26 Å².